The van der Waals surface area contributed by atoms with Crippen molar-refractivity contribution in [3.63, 3.8) is 0 Å². The highest BCUT2D eigenvalue weighted by molar-refractivity contribution is 5.44. The van der Waals surface area contributed by atoms with Gasteiger partial charge in [0.15, 0.2) is 5.82 Å². The molecule has 90 valence electrons. The normalized spacial score (nSPS) is 12.4. The zero-order chi connectivity index (χ0) is 12.0. The number of nitrogens with zero attached hydrogens (tertiary/aromatic N) is 2. The Bertz CT molecular complexity index is 333. The minimum Gasteiger partial charge on any atom is -0.384 e. The van der Waals surface area contributed by atoms with Crippen molar-refractivity contribution in [3.8, 4) is 0 Å². The maximum absolute atomic E-state index is 5.65. The quantitative estimate of drug-likeness (QED) is 0.741. The van der Waals surface area contributed by atoms with Gasteiger partial charge in [0, 0.05) is 26.8 Å². The van der Waals surface area contributed by atoms with Gasteiger partial charge in [0.05, 0.1) is 6.10 Å². The fraction of sp³-hybridized carbons (Fsp3) is 0.600. The van der Waals surface area contributed by atoms with Crippen LogP contribution in [0.3, 0.4) is 0 Å². The number of hydrogen-bond acceptors (Lipinski definition) is 6. The molecule has 6 nitrogen and oxygen atoms in total. The van der Waals surface area contributed by atoms with Crippen LogP contribution in [0.15, 0.2) is 6.07 Å². The number of rotatable bonds is 6. The van der Waals surface area contributed by atoms with Gasteiger partial charge in [0.2, 0.25) is 0 Å². The lowest BCUT2D eigenvalue weighted by atomic mass is 10.4. The van der Waals surface area contributed by atoms with Crippen molar-refractivity contribution in [2.45, 2.75) is 19.6 Å². The van der Waals surface area contributed by atoms with Crippen molar-refractivity contribution >= 4 is 11.6 Å². The molecule has 0 bridgehead atoms. The Kier molecular flexibility index (Phi) is 4.94. The van der Waals surface area contributed by atoms with Gasteiger partial charge in [-0.3, -0.25) is 0 Å². The van der Waals surface area contributed by atoms with Gasteiger partial charge in [-0.1, -0.05) is 0 Å². The van der Waals surface area contributed by atoms with Crippen molar-refractivity contribution in [2.75, 3.05) is 31.8 Å². The van der Waals surface area contributed by atoms with E-state index in [2.05, 4.69) is 15.3 Å². The highest BCUT2D eigenvalue weighted by atomic mass is 16.5. The molecule has 1 heterocycles. The van der Waals surface area contributed by atoms with Gasteiger partial charge in [-0.05, 0) is 6.92 Å². The number of nitrogens with one attached hydrogen (secondary N) is 1. The highest BCUT2D eigenvalue weighted by Crippen LogP contribution is 2.09. The van der Waals surface area contributed by atoms with Crippen LogP contribution in [-0.4, -0.2) is 36.8 Å². The van der Waals surface area contributed by atoms with Crippen molar-refractivity contribution in [1.82, 2.24) is 9.97 Å². The average Bonchev–Trinajstić information content (AvgIpc) is 2.25. The molecule has 6 heteroatoms. The molecule has 0 spiro atoms. The summed E-state index contributed by atoms with van der Waals surface area (Å²) in [6, 6.07) is 1.68. The summed E-state index contributed by atoms with van der Waals surface area (Å²) in [5.41, 5.74) is 5.65. The van der Waals surface area contributed by atoms with E-state index in [9.17, 15) is 0 Å². The molecular weight excluding hydrogens is 208 g/mol. The average molecular weight is 226 g/mol. The second-order valence-corrected chi connectivity index (χ2v) is 3.45. The highest BCUT2D eigenvalue weighted by Gasteiger charge is 2.04. The molecule has 0 aliphatic rings. The molecule has 1 aromatic heterocycles. The predicted octanol–water partition coefficient (Wildman–Crippen LogP) is 0.652. The molecule has 0 radical (unpaired) electrons. The van der Waals surface area contributed by atoms with Gasteiger partial charge >= 0.3 is 0 Å². The molecule has 1 aromatic rings. The van der Waals surface area contributed by atoms with Crippen LogP contribution in [0.2, 0.25) is 0 Å². The molecule has 0 fully saturated rings. The summed E-state index contributed by atoms with van der Waals surface area (Å²) in [5, 5.41) is 3.12. The number of nitrogen functional groups attached to an aromatic ring is 1. The van der Waals surface area contributed by atoms with Gasteiger partial charge in [0.1, 0.15) is 18.2 Å². The van der Waals surface area contributed by atoms with Crippen LogP contribution >= 0.6 is 0 Å². The van der Waals surface area contributed by atoms with Crippen molar-refractivity contribution in [3.05, 3.63) is 11.9 Å². The maximum Gasteiger partial charge on any atom is 0.158 e. The molecule has 1 atom stereocenters. The van der Waals surface area contributed by atoms with Crippen LogP contribution in [-0.2, 0) is 16.1 Å². The fourth-order valence-electron chi connectivity index (χ4n) is 1.13. The largest absolute Gasteiger partial charge is 0.384 e. The SMILES string of the molecule is COCc1nc(N)cc(NCC(C)OC)n1. The zero-order valence-corrected chi connectivity index (χ0v) is 9.86. The van der Waals surface area contributed by atoms with Crippen LogP contribution in [0.5, 0.6) is 0 Å². The van der Waals surface area contributed by atoms with E-state index in [0.29, 0.717) is 30.6 Å². The molecule has 0 aliphatic carbocycles. The number of ether oxygens (including phenoxy) is 2. The van der Waals surface area contributed by atoms with Gasteiger partial charge in [-0.25, -0.2) is 9.97 Å². The first-order chi connectivity index (χ1) is 7.65. The monoisotopic (exact) mass is 226 g/mol. The van der Waals surface area contributed by atoms with E-state index in [1.807, 2.05) is 6.92 Å². The molecule has 0 saturated heterocycles. The van der Waals surface area contributed by atoms with Gasteiger partial charge in [0.25, 0.3) is 0 Å². The topological polar surface area (TPSA) is 82.3 Å². The second-order valence-electron chi connectivity index (χ2n) is 3.45. The Balaban J connectivity index is 2.64. The Morgan fingerprint density at radius 1 is 1.44 bits per heavy atom. The van der Waals surface area contributed by atoms with Gasteiger partial charge < -0.3 is 20.5 Å². The standard InChI is InChI=1S/C10H18N4O2/c1-7(16-3)5-12-9-4-8(11)13-10(14-9)6-15-2/h4,7H,5-6H2,1-3H3,(H3,11,12,13,14). The molecule has 0 saturated carbocycles. The van der Waals surface area contributed by atoms with Crippen LogP contribution in [0, 0.1) is 0 Å². The van der Waals surface area contributed by atoms with E-state index in [4.69, 9.17) is 15.2 Å². The van der Waals surface area contributed by atoms with Crippen LogP contribution in [0.1, 0.15) is 12.7 Å². The van der Waals surface area contributed by atoms with E-state index in [1.165, 1.54) is 0 Å². The van der Waals surface area contributed by atoms with Gasteiger partial charge in [-0.15, -0.1) is 0 Å². The van der Waals surface area contributed by atoms with Crippen molar-refractivity contribution < 1.29 is 9.47 Å². The first kappa shape index (κ1) is 12.7. The summed E-state index contributed by atoms with van der Waals surface area (Å²) in [5.74, 6) is 1.67. The minimum atomic E-state index is 0.113. The molecule has 1 rings (SSSR count). The van der Waals surface area contributed by atoms with Crippen LogP contribution in [0.25, 0.3) is 0 Å². The lowest BCUT2D eigenvalue weighted by Crippen LogP contribution is -2.19. The van der Waals surface area contributed by atoms with Crippen LogP contribution < -0.4 is 11.1 Å². The third-order valence-electron chi connectivity index (χ3n) is 2.04. The zero-order valence-electron chi connectivity index (χ0n) is 9.86. The van der Waals surface area contributed by atoms with Crippen LogP contribution in [0.4, 0.5) is 11.6 Å². The van der Waals surface area contributed by atoms with Crippen molar-refractivity contribution in [2.24, 2.45) is 0 Å². The lowest BCUT2D eigenvalue weighted by molar-refractivity contribution is 0.128. The Morgan fingerprint density at radius 2 is 2.19 bits per heavy atom. The third kappa shape index (κ3) is 4.00. The molecule has 0 aliphatic heterocycles. The van der Waals surface area contributed by atoms with E-state index >= 15 is 0 Å². The molecule has 0 amide bonds. The Hall–Kier alpha value is -1.40. The number of aromatic nitrogens is 2. The third-order valence-corrected chi connectivity index (χ3v) is 2.04. The van der Waals surface area contributed by atoms with Crippen molar-refractivity contribution in [1.29, 1.82) is 0 Å². The van der Waals surface area contributed by atoms with E-state index in [-0.39, 0.29) is 6.10 Å². The minimum absolute atomic E-state index is 0.113. The second kappa shape index (κ2) is 6.24. The molecule has 3 N–H and O–H groups in total. The first-order valence-electron chi connectivity index (χ1n) is 5.04. The number of anilines is 2. The molecular formula is C10H18N4O2. The smallest absolute Gasteiger partial charge is 0.158 e. The number of nitrogens with two attached hydrogens (primary N) is 1. The fourth-order valence-corrected chi connectivity index (χ4v) is 1.13. The van der Waals surface area contributed by atoms with Gasteiger partial charge in [-0.2, -0.15) is 0 Å². The summed E-state index contributed by atoms with van der Waals surface area (Å²) < 4.78 is 10.1. The summed E-state index contributed by atoms with van der Waals surface area (Å²) in [7, 11) is 3.25. The molecule has 1 unspecified atom stereocenters. The summed E-state index contributed by atoms with van der Waals surface area (Å²) in [6.45, 7) is 2.98. The summed E-state index contributed by atoms with van der Waals surface area (Å²) in [4.78, 5) is 8.29. The Morgan fingerprint density at radius 3 is 2.81 bits per heavy atom. The predicted molar refractivity (Wildman–Crippen MR) is 62.1 cm³/mol. The van der Waals surface area contributed by atoms with E-state index in [0.717, 1.165) is 0 Å². The number of hydrogen-bond donors (Lipinski definition) is 2. The first-order valence-corrected chi connectivity index (χ1v) is 5.04. The summed E-state index contributed by atoms with van der Waals surface area (Å²) in [6.07, 6.45) is 0.113. The van der Waals surface area contributed by atoms with E-state index < -0.39 is 0 Å². The lowest BCUT2D eigenvalue weighted by Gasteiger charge is -2.12. The molecule has 16 heavy (non-hydrogen) atoms. The number of methoxy groups -OCH3 is 2. The molecule has 0 aromatic carbocycles. The summed E-state index contributed by atoms with van der Waals surface area (Å²) >= 11 is 0. The maximum atomic E-state index is 5.65. The Labute approximate surface area is 95.2 Å². The van der Waals surface area contributed by atoms with E-state index in [1.54, 1.807) is 20.3 Å².